The Balaban J connectivity index is 4.07. The highest BCUT2D eigenvalue weighted by molar-refractivity contribution is 7.69. The normalized spacial score (nSPS) is 24.4. The Morgan fingerprint density at radius 2 is 1.33 bits per heavy atom. The molecule has 0 aromatic carbocycles. The number of nitrogens with two attached hydrogens (primary N) is 2. The van der Waals surface area contributed by atoms with E-state index in [1.54, 1.807) is 0 Å². The Hall–Kier alpha value is 0.260. The fourth-order valence-electron chi connectivity index (χ4n) is 0.205. The fourth-order valence-corrected chi connectivity index (χ4v) is 1.85. The van der Waals surface area contributed by atoms with Crippen molar-refractivity contribution in [2.24, 2.45) is 11.0 Å². The molecule has 0 spiro atoms. The molecule has 2 atom stereocenters. The van der Waals surface area contributed by atoms with Crippen molar-refractivity contribution in [3.05, 3.63) is 0 Å². The minimum absolute atomic E-state index is 1.24. The van der Waals surface area contributed by atoms with Gasteiger partial charge in [-0.05, 0) is 0 Å². The van der Waals surface area contributed by atoms with E-state index in [4.69, 9.17) is 9.79 Å². The van der Waals surface area contributed by atoms with Crippen molar-refractivity contribution in [2.75, 3.05) is 0 Å². The molecule has 0 heterocycles. The molecule has 0 aliphatic heterocycles. The van der Waals surface area contributed by atoms with Gasteiger partial charge in [-0.2, -0.15) is 0 Å². The van der Waals surface area contributed by atoms with Crippen LogP contribution >= 0.6 is 15.3 Å². The molecule has 9 heteroatoms. The fraction of sp³-hybridized carbons (Fsp3) is 0. The molecule has 0 aliphatic rings. The topological polar surface area (TPSA) is 139 Å². The summed E-state index contributed by atoms with van der Waals surface area (Å²) in [6.07, 6.45) is 0. The van der Waals surface area contributed by atoms with Crippen molar-refractivity contribution in [1.82, 2.24) is 4.86 Å². The average Bonchev–Trinajstić information content (AvgIpc) is 1.14. The Morgan fingerprint density at radius 3 is 1.33 bits per heavy atom. The molecule has 7 nitrogen and oxygen atoms in total. The smallest absolute Gasteiger partial charge is 0.322 e. The van der Waals surface area contributed by atoms with Gasteiger partial charge in [0.15, 0.2) is 0 Å². The summed E-state index contributed by atoms with van der Waals surface area (Å²) >= 11 is 0. The molecule has 0 aliphatic carbocycles. The molecule has 9 heavy (non-hydrogen) atoms. The van der Waals surface area contributed by atoms with Crippen molar-refractivity contribution in [2.45, 2.75) is 0 Å². The molecule has 0 rings (SSSR count). The van der Waals surface area contributed by atoms with Crippen LogP contribution in [0.1, 0.15) is 0 Å². The third-order valence-electron chi connectivity index (χ3n) is 0.287. The number of rotatable bonds is 2. The van der Waals surface area contributed by atoms with Crippen molar-refractivity contribution in [3.8, 4) is 0 Å². The first-order chi connectivity index (χ1) is 3.71. The molecule has 0 amide bonds. The van der Waals surface area contributed by atoms with E-state index < -0.39 is 15.3 Å². The maximum Gasteiger partial charge on any atom is 0.344 e. The lowest BCUT2D eigenvalue weighted by Gasteiger charge is -2.08. The zero-order valence-electron chi connectivity index (χ0n) is 4.26. The summed E-state index contributed by atoms with van der Waals surface area (Å²) in [6.45, 7) is 0. The standard InChI is InChI=1S/H7N3O4P2/c1-8(4,5)3-9(2,6)7/h(H7,1,2,3,4,5,6,7). The van der Waals surface area contributed by atoms with Crippen LogP contribution in [-0.4, -0.2) is 9.79 Å². The molecule has 0 radical (unpaired) electrons. The van der Waals surface area contributed by atoms with E-state index in [9.17, 15) is 9.13 Å². The summed E-state index contributed by atoms with van der Waals surface area (Å²) in [7, 11) is -8.35. The quantitative estimate of drug-likeness (QED) is 0.328. The highest BCUT2D eigenvalue weighted by Gasteiger charge is 2.21. The summed E-state index contributed by atoms with van der Waals surface area (Å²) in [5.41, 5.74) is 8.82. The lowest BCUT2D eigenvalue weighted by Crippen LogP contribution is -2.16. The first kappa shape index (κ1) is 9.26. The maximum atomic E-state index is 10.0. The zero-order valence-corrected chi connectivity index (χ0v) is 6.05. The molecule has 0 aromatic heterocycles. The van der Waals surface area contributed by atoms with Crippen LogP contribution < -0.4 is 15.9 Å². The zero-order chi connectivity index (χ0) is 7.71. The molecule has 0 aromatic rings. The van der Waals surface area contributed by atoms with E-state index in [0.717, 1.165) is 0 Å². The SMILES string of the molecule is NP(=O)(O)NP(N)(=O)O. The Kier molecular flexibility index (Phi) is 2.55. The molecular formula is H7N3O4P2. The van der Waals surface area contributed by atoms with Gasteiger partial charge >= 0.3 is 15.3 Å². The van der Waals surface area contributed by atoms with E-state index in [2.05, 4.69) is 11.0 Å². The van der Waals surface area contributed by atoms with Crippen LogP contribution in [0.15, 0.2) is 0 Å². The molecule has 7 N–H and O–H groups in total. The predicted octanol–water partition coefficient (Wildman–Crippen LogP) is -1.31. The van der Waals surface area contributed by atoms with Gasteiger partial charge in [-0.1, -0.05) is 0 Å². The van der Waals surface area contributed by atoms with Crippen LogP contribution in [0.25, 0.3) is 0 Å². The monoisotopic (exact) mass is 175 g/mol. The van der Waals surface area contributed by atoms with E-state index in [0.29, 0.717) is 0 Å². The second-order valence-electron chi connectivity index (χ2n) is 1.35. The minimum atomic E-state index is -4.18. The van der Waals surface area contributed by atoms with Gasteiger partial charge in [-0.3, -0.25) is 9.13 Å². The number of nitrogens with one attached hydrogen (secondary N) is 1. The maximum absolute atomic E-state index is 10.0. The van der Waals surface area contributed by atoms with Crippen molar-refractivity contribution >= 4 is 15.3 Å². The second kappa shape index (κ2) is 2.48. The first-order valence-corrected chi connectivity index (χ1v) is 5.19. The molecule has 0 saturated carbocycles. The first-order valence-electron chi connectivity index (χ1n) is 1.73. The summed E-state index contributed by atoms with van der Waals surface area (Å²) in [4.78, 5) is 17.6. The summed E-state index contributed by atoms with van der Waals surface area (Å²) in [5.74, 6) is 0. The van der Waals surface area contributed by atoms with Gasteiger partial charge in [0, 0.05) is 0 Å². The largest absolute Gasteiger partial charge is 0.344 e. The van der Waals surface area contributed by atoms with E-state index in [1.165, 1.54) is 4.86 Å². The Bertz CT molecular complexity index is 154. The number of hydrogen-bond donors (Lipinski definition) is 5. The van der Waals surface area contributed by atoms with Gasteiger partial charge in [-0.25, -0.2) is 11.0 Å². The highest BCUT2D eigenvalue weighted by atomic mass is 31.2. The third-order valence-corrected chi connectivity index (χ3v) is 2.58. The van der Waals surface area contributed by atoms with Gasteiger partial charge in [0.25, 0.3) is 0 Å². The Morgan fingerprint density at radius 1 is 1.11 bits per heavy atom. The molecule has 0 fully saturated rings. The van der Waals surface area contributed by atoms with Crippen LogP contribution in [0.5, 0.6) is 0 Å². The van der Waals surface area contributed by atoms with Crippen LogP contribution in [-0.2, 0) is 9.13 Å². The lowest BCUT2D eigenvalue weighted by molar-refractivity contribution is 0.452. The van der Waals surface area contributed by atoms with Gasteiger partial charge in [0.1, 0.15) is 0 Å². The van der Waals surface area contributed by atoms with E-state index in [1.807, 2.05) is 0 Å². The van der Waals surface area contributed by atoms with Crippen LogP contribution in [0.4, 0.5) is 0 Å². The van der Waals surface area contributed by atoms with Crippen molar-refractivity contribution < 1.29 is 18.9 Å². The summed E-state index contributed by atoms with van der Waals surface area (Å²) < 4.78 is 20.1. The highest BCUT2D eigenvalue weighted by Crippen LogP contribution is 2.38. The van der Waals surface area contributed by atoms with Crippen LogP contribution in [0.2, 0.25) is 0 Å². The van der Waals surface area contributed by atoms with Crippen molar-refractivity contribution in [3.63, 3.8) is 0 Å². The third kappa shape index (κ3) is 8.26. The van der Waals surface area contributed by atoms with Gasteiger partial charge in [0.2, 0.25) is 0 Å². The van der Waals surface area contributed by atoms with Gasteiger partial charge in [-0.15, -0.1) is 4.86 Å². The minimum Gasteiger partial charge on any atom is -0.322 e. The summed E-state index contributed by atoms with van der Waals surface area (Å²) in [6, 6.07) is 0. The second-order valence-corrected chi connectivity index (χ2v) is 4.64. The Labute approximate surface area is 51.2 Å². The van der Waals surface area contributed by atoms with Crippen LogP contribution in [0, 0.1) is 0 Å². The summed E-state index contributed by atoms with van der Waals surface area (Å²) in [5, 5.41) is 0. The van der Waals surface area contributed by atoms with E-state index in [-0.39, 0.29) is 0 Å². The van der Waals surface area contributed by atoms with Gasteiger partial charge in [0.05, 0.1) is 0 Å². The molecular weight excluding hydrogens is 168 g/mol. The average molecular weight is 175 g/mol. The van der Waals surface area contributed by atoms with E-state index >= 15 is 0 Å². The number of hydrogen-bond acceptors (Lipinski definition) is 2. The molecule has 0 saturated heterocycles. The molecule has 0 bridgehead atoms. The van der Waals surface area contributed by atoms with Gasteiger partial charge < -0.3 is 9.79 Å². The predicted molar refractivity (Wildman–Crippen MR) is 31.2 cm³/mol. The molecule has 56 valence electrons. The van der Waals surface area contributed by atoms with Crippen LogP contribution in [0.3, 0.4) is 0 Å². The molecule has 2 unspecified atom stereocenters. The van der Waals surface area contributed by atoms with Crippen molar-refractivity contribution in [1.29, 1.82) is 0 Å². The lowest BCUT2D eigenvalue weighted by atomic mass is 13.8.